The molecule has 1 atom stereocenters. The molecule has 0 aliphatic heterocycles. The highest BCUT2D eigenvalue weighted by molar-refractivity contribution is 5.74. The van der Waals surface area contributed by atoms with Crippen LogP contribution < -0.4 is 5.32 Å². The minimum Gasteiger partial charge on any atom is -0.481 e. The summed E-state index contributed by atoms with van der Waals surface area (Å²) in [6.07, 6.45) is 4.66. The van der Waals surface area contributed by atoms with Crippen LogP contribution in [-0.2, 0) is 4.79 Å². The average molecular weight is 298 g/mol. The highest BCUT2D eigenvalue weighted by Gasteiger charge is 2.23. The number of carbonyl (C=O) groups is 2. The van der Waals surface area contributed by atoms with Gasteiger partial charge in [0.1, 0.15) is 0 Å². The van der Waals surface area contributed by atoms with Gasteiger partial charge in [-0.05, 0) is 43.9 Å². The van der Waals surface area contributed by atoms with Crippen LogP contribution in [0.4, 0.5) is 4.79 Å². The lowest BCUT2D eigenvalue weighted by Gasteiger charge is -2.32. The fourth-order valence-corrected chi connectivity index (χ4v) is 2.84. The van der Waals surface area contributed by atoms with Gasteiger partial charge in [0.2, 0.25) is 0 Å². The van der Waals surface area contributed by atoms with E-state index in [9.17, 15) is 9.59 Å². The standard InChI is InChI=1S/C16H30N2O3/c1-4-18(11-13-6-5-7-13)16(21)17-10-14(8-12(2)3)9-15(19)20/h12-14H,4-11H2,1-3H3,(H,17,21)(H,19,20)/t14-/m0/s1. The number of nitrogens with one attached hydrogen (secondary N) is 1. The molecule has 5 nitrogen and oxygen atoms in total. The second-order valence-electron chi connectivity index (χ2n) is 6.62. The molecule has 1 fully saturated rings. The van der Waals surface area contributed by atoms with Gasteiger partial charge in [-0.3, -0.25) is 4.79 Å². The first-order valence-electron chi connectivity index (χ1n) is 8.16. The summed E-state index contributed by atoms with van der Waals surface area (Å²) in [5, 5.41) is 11.9. The number of carbonyl (C=O) groups excluding carboxylic acids is 1. The summed E-state index contributed by atoms with van der Waals surface area (Å²) in [5.41, 5.74) is 0. The first-order valence-corrected chi connectivity index (χ1v) is 8.16. The second kappa shape index (κ2) is 8.90. The second-order valence-corrected chi connectivity index (χ2v) is 6.62. The predicted octanol–water partition coefficient (Wildman–Crippen LogP) is 2.96. The molecule has 1 aliphatic carbocycles. The van der Waals surface area contributed by atoms with Crippen molar-refractivity contribution in [2.75, 3.05) is 19.6 Å². The lowest BCUT2D eigenvalue weighted by atomic mass is 9.85. The molecule has 5 heteroatoms. The van der Waals surface area contributed by atoms with Gasteiger partial charge in [0.25, 0.3) is 0 Å². The van der Waals surface area contributed by atoms with E-state index in [-0.39, 0.29) is 18.4 Å². The molecule has 0 unspecified atom stereocenters. The summed E-state index contributed by atoms with van der Waals surface area (Å²) in [6.45, 7) is 8.12. The molecule has 0 aromatic carbocycles. The van der Waals surface area contributed by atoms with Gasteiger partial charge in [-0.2, -0.15) is 0 Å². The van der Waals surface area contributed by atoms with E-state index in [1.54, 1.807) is 0 Å². The summed E-state index contributed by atoms with van der Waals surface area (Å²) in [4.78, 5) is 24.9. The van der Waals surface area contributed by atoms with Crippen molar-refractivity contribution in [3.8, 4) is 0 Å². The number of carboxylic acids is 1. The van der Waals surface area contributed by atoms with Crippen molar-refractivity contribution < 1.29 is 14.7 Å². The molecule has 0 bridgehead atoms. The van der Waals surface area contributed by atoms with E-state index in [0.717, 1.165) is 13.0 Å². The quantitative estimate of drug-likeness (QED) is 0.687. The minimum absolute atomic E-state index is 0.00820. The Bertz CT molecular complexity index is 340. The number of carboxylic acid groups (broad SMARTS) is 1. The van der Waals surface area contributed by atoms with E-state index in [2.05, 4.69) is 19.2 Å². The molecule has 0 spiro atoms. The third-order valence-electron chi connectivity index (χ3n) is 4.18. The Hall–Kier alpha value is -1.26. The molecule has 1 rings (SSSR count). The summed E-state index contributed by atoms with van der Waals surface area (Å²) < 4.78 is 0. The SMILES string of the molecule is CCN(CC1CCC1)C(=O)NC[C@H](CC(=O)O)CC(C)C. The average Bonchev–Trinajstić information content (AvgIpc) is 2.33. The fraction of sp³-hybridized carbons (Fsp3) is 0.875. The first-order chi connectivity index (χ1) is 9.92. The Morgan fingerprint density at radius 1 is 1.33 bits per heavy atom. The van der Waals surface area contributed by atoms with Crippen LogP contribution in [0.25, 0.3) is 0 Å². The highest BCUT2D eigenvalue weighted by atomic mass is 16.4. The molecule has 0 radical (unpaired) electrons. The topological polar surface area (TPSA) is 69.6 Å². The fourth-order valence-electron chi connectivity index (χ4n) is 2.84. The van der Waals surface area contributed by atoms with Crippen LogP contribution in [0.2, 0.25) is 0 Å². The maximum Gasteiger partial charge on any atom is 0.317 e. The summed E-state index contributed by atoms with van der Waals surface area (Å²) in [5.74, 6) is 0.301. The predicted molar refractivity (Wildman–Crippen MR) is 83.2 cm³/mol. The Kier molecular flexibility index (Phi) is 7.54. The van der Waals surface area contributed by atoms with Crippen LogP contribution in [0, 0.1) is 17.8 Å². The third-order valence-corrected chi connectivity index (χ3v) is 4.18. The van der Waals surface area contributed by atoms with Crippen molar-refractivity contribution in [2.45, 2.75) is 52.9 Å². The smallest absolute Gasteiger partial charge is 0.317 e. The van der Waals surface area contributed by atoms with Crippen molar-refractivity contribution >= 4 is 12.0 Å². The van der Waals surface area contributed by atoms with Crippen LogP contribution in [0.5, 0.6) is 0 Å². The molecular weight excluding hydrogens is 268 g/mol. The number of hydrogen-bond acceptors (Lipinski definition) is 2. The normalized spacial score (nSPS) is 16.4. The Balaban J connectivity index is 2.40. The monoisotopic (exact) mass is 298 g/mol. The molecule has 0 heterocycles. The summed E-state index contributed by atoms with van der Waals surface area (Å²) in [6, 6.07) is -0.0523. The summed E-state index contributed by atoms with van der Waals surface area (Å²) in [7, 11) is 0. The number of amides is 2. The minimum atomic E-state index is -0.795. The van der Waals surface area contributed by atoms with Gasteiger partial charge in [-0.15, -0.1) is 0 Å². The molecule has 2 amide bonds. The zero-order valence-electron chi connectivity index (χ0n) is 13.6. The van der Waals surface area contributed by atoms with E-state index < -0.39 is 5.97 Å². The van der Waals surface area contributed by atoms with Crippen LogP contribution >= 0.6 is 0 Å². The zero-order chi connectivity index (χ0) is 15.8. The molecule has 21 heavy (non-hydrogen) atoms. The number of aliphatic carboxylic acids is 1. The van der Waals surface area contributed by atoms with Crippen molar-refractivity contribution in [1.29, 1.82) is 0 Å². The van der Waals surface area contributed by atoms with Gasteiger partial charge >= 0.3 is 12.0 Å². The summed E-state index contributed by atoms with van der Waals surface area (Å²) >= 11 is 0. The van der Waals surface area contributed by atoms with Crippen molar-refractivity contribution in [2.24, 2.45) is 17.8 Å². The Morgan fingerprint density at radius 2 is 2.00 bits per heavy atom. The number of hydrogen-bond donors (Lipinski definition) is 2. The number of nitrogens with zero attached hydrogens (tertiary/aromatic N) is 1. The molecule has 0 saturated heterocycles. The lowest BCUT2D eigenvalue weighted by Crippen LogP contribution is -2.45. The highest BCUT2D eigenvalue weighted by Crippen LogP contribution is 2.27. The lowest BCUT2D eigenvalue weighted by molar-refractivity contribution is -0.138. The van der Waals surface area contributed by atoms with Gasteiger partial charge in [0.15, 0.2) is 0 Å². The van der Waals surface area contributed by atoms with Gasteiger partial charge < -0.3 is 15.3 Å². The van der Waals surface area contributed by atoms with Crippen LogP contribution in [0.1, 0.15) is 52.9 Å². The largest absolute Gasteiger partial charge is 0.481 e. The van der Waals surface area contributed by atoms with Crippen molar-refractivity contribution in [1.82, 2.24) is 10.2 Å². The van der Waals surface area contributed by atoms with E-state index in [1.165, 1.54) is 19.3 Å². The van der Waals surface area contributed by atoms with Crippen molar-refractivity contribution in [3.63, 3.8) is 0 Å². The Labute approximate surface area is 128 Å². The zero-order valence-corrected chi connectivity index (χ0v) is 13.6. The number of urea groups is 1. The van der Waals surface area contributed by atoms with E-state index in [0.29, 0.717) is 24.9 Å². The maximum absolute atomic E-state index is 12.2. The van der Waals surface area contributed by atoms with Crippen LogP contribution in [0.3, 0.4) is 0 Å². The van der Waals surface area contributed by atoms with Crippen molar-refractivity contribution in [3.05, 3.63) is 0 Å². The molecule has 0 aromatic rings. The Morgan fingerprint density at radius 3 is 2.43 bits per heavy atom. The van der Waals surface area contributed by atoms with Crippen LogP contribution in [-0.4, -0.2) is 41.6 Å². The van der Waals surface area contributed by atoms with Gasteiger partial charge in [-0.1, -0.05) is 20.3 Å². The van der Waals surface area contributed by atoms with Gasteiger partial charge in [-0.25, -0.2) is 4.79 Å². The maximum atomic E-state index is 12.2. The molecule has 2 N–H and O–H groups in total. The van der Waals surface area contributed by atoms with Crippen LogP contribution in [0.15, 0.2) is 0 Å². The molecule has 122 valence electrons. The first kappa shape index (κ1) is 17.8. The molecule has 1 aliphatic rings. The van der Waals surface area contributed by atoms with E-state index in [1.807, 2.05) is 11.8 Å². The van der Waals surface area contributed by atoms with Gasteiger partial charge in [0.05, 0.1) is 0 Å². The number of rotatable bonds is 9. The van der Waals surface area contributed by atoms with E-state index >= 15 is 0 Å². The molecule has 0 aromatic heterocycles. The molecule has 1 saturated carbocycles. The molecular formula is C16H30N2O3. The van der Waals surface area contributed by atoms with Gasteiger partial charge in [0, 0.05) is 26.1 Å². The van der Waals surface area contributed by atoms with E-state index in [4.69, 9.17) is 5.11 Å². The third kappa shape index (κ3) is 6.82.